The van der Waals surface area contributed by atoms with E-state index in [1.165, 1.54) is 0 Å². The number of rotatable bonds is 7. The number of hydrogen-bond donors (Lipinski definition) is 1. The van der Waals surface area contributed by atoms with Crippen LogP contribution in [0.2, 0.25) is 0 Å². The van der Waals surface area contributed by atoms with Crippen molar-refractivity contribution in [2.24, 2.45) is 17.8 Å². The molecule has 0 saturated carbocycles. The number of carbonyl (C=O) groups excluding carboxylic acids is 2. The van der Waals surface area contributed by atoms with E-state index in [0.29, 0.717) is 19.0 Å². The van der Waals surface area contributed by atoms with E-state index < -0.39 is 17.4 Å². The lowest BCUT2D eigenvalue weighted by molar-refractivity contribution is -0.143. The van der Waals surface area contributed by atoms with Crippen molar-refractivity contribution in [2.45, 2.75) is 51.9 Å². The maximum absolute atomic E-state index is 13.3. The van der Waals surface area contributed by atoms with Gasteiger partial charge in [0.2, 0.25) is 11.8 Å². The molecule has 7 heteroatoms. The fraction of sp³-hybridized carbons (Fsp3) is 0.667. The molecule has 152 valence electrons. The van der Waals surface area contributed by atoms with Gasteiger partial charge in [0.05, 0.1) is 36.7 Å². The Morgan fingerprint density at radius 3 is 2.86 bits per heavy atom. The molecule has 1 spiro atoms. The number of carbonyl (C=O) groups is 2. The van der Waals surface area contributed by atoms with Crippen LogP contribution in [-0.4, -0.2) is 63.7 Å². The first-order chi connectivity index (χ1) is 13.4. The average Bonchev–Trinajstić information content (AvgIpc) is 3.41. The second-order valence-electron chi connectivity index (χ2n) is 8.54. The summed E-state index contributed by atoms with van der Waals surface area (Å²) in [6, 6.07) is 1.93. The Labute approximate surface area is 166 Å². The summed E-state index contributed by atoms with van der Waals surface area (Å²) in [5.74, 6) is -0.345. The van der Waals surface area contributed by atoms with E-state index >= 15 is 0 Å². The Bertz CT molecular complexity index is 799. The van der Waals surface area contributed by atoms with Crippen molar-refractivity contribution in [3.63, 3.8) is 0 Å². The van der Waals surface area contributed by atoms with Crippen LogP contribution in [0.4, 0.5) is 0 Å². The number of nitrogens with one attached hydrogen (secondary N) is 1. The van der Waals surface area contributed by atoms with Gasteiger partial charge in [0.1, 0.15) is 5.60 Å². The van der Waals surface area contributed by atoms with Gasteiger partial charge < -0.3 is 14.5 Å². The Morgan fingerprint density at radius 1 is 1.46 bits per heavy atom. The Hall–Kier alpha value is -2.15. The molecule has 4 atom stereocenters. The number of amides is 2. The molecule has 28 heavy (non-hydrogen) atoms. The van der Waals surface area contributed by atoms with Gasteiger partial charge in [-0.2, -0.15) is 5.10 Å². The van der Waals surface area contributed by atoms with E-state index in [-0.39, 0.29) is 17.9 Å². The van der Waals surface area contributed by atoms with Gasteiger partial charge in [-0.1, -0.05) is 38.8 Å². The minimum atomic E-state index is -0.627. The van der Waals surface area contributed by atoms with Crippen LogP contribution in [0.15, 0.2) is 18.2 Å². The number of aromatic nitrogens is 2. The molecule has 1 aromatic heterocycles. The van der Waals surface area contributed by atoms with Gasteiger partial charge in [-0.25, -0.2) is 0 Å². The molecule has 0 unspecified atom stereocenters. The Morgan fingerprint density at radius 2 is 2.21 bits per heavy atom. The lowest BCUT2D eigenvalue weighted by atomic mass is 9.76. The number of likely N-dealkylation sites (tertiary alicyclic amines) is 1. The number of aryl methyl sites for hydroxylation is 1. The molecular formula is C21H30N4O3. The summed E-state index contributed by atoms with van der Waals surface area (Å²) in [7, 11) is 1.77. The van der Waals surface area contributed by atoms with Gasteiger partial charge >= 0.3 is 0 Å². The van der Waals surface area contributed by atoms with Crippen molar-refractivity contribution in [1.82, 2.24) is 20.0 Å². The van der Waals surface area contributed by atoms with Crippen LogP contribution >= 0.6 is 0 Å². The molecule has 1 aromatic rings. The summed E-state index contributed by atoms with van der Waals surface area (Å²) in [5.41, 5.74) is 1.15. The van der Waals surface area contributed by atoms with Crippen molar-refractivity contribution < 1.29 is 14.3 Å². The number of fused-ring (bicyclic) bond motifs is 1. The van der Waals surface area contributed by atoms with Gasteiger partial charge in [0.25, 0.3) is 0 Å². The molecule has 1 N–H and O–H groups in total. The number of nitrogens with zero attached hydrogens (tertiary/aromatic N) is 3. The lowest BCUT2D eigenvalue weighted by Gasteiger charge is -2.27. The lowest BCUT2D eigenvalue weighted by Crippen LogP contribution is -2.44. The first kappa shape index (κ1) is 19.2. The van der Waals surface area contributed by atoms with Crippen molar-refractivity contribution in [2.75, 3.05) is 20.1 Å². The van der Waals surface area contributed by atoms with Crippen LogP contribution < -0.4 is 0 Å². The van der Waals surface area contributed by atoms with Gasteiger partial charge in [0, 0.05) is 19.3 Å². The molecule has 2 fully saturated rings. The summed E-state index contributed by atoms with van der Waals surface area (Å²) in [4.78, 5) is 30.1. The summed E-state index contributed by atoms with van der Waals surface area (Å²) in [6.45, 7) is 7.98. The number of ether oxygens (including phenoxy) is 1. The fourth-order valence-corrected chi connectivity index (χ4v) is 5.00. The zero-order chi connectivity index (χ0) is 20.1. The highest BCUT2D eigenvalue weighted by atomic mass is 16.5. The normalized spacial score (nSPS) is 30.5. The van der Waals surface area contributed by atoms with Crippen LogP contribution in [-0.2, 0) is 20.9 Å². The van der Waals surface area contributed by atoms with E-state index in [4.69, 9.17) is 4.74 Å². The predicted molar refractivity (Wildman–Crippen MR) is 104 cm³/mol. The monoisotopic (exact) mass is 386 g/mol. The highest BCUT2D eigenvalue weighted by Gasteiger charge is 2.67. The third-order valence-corrected chi connectivity index (χ3v) is 6.63. The minimum absolute atomic E-state index is 0.0420. The van der Waals surface area contributed by atoms with Crippen LogP contribution in [0.1, 0.15) is 38.1 Å². The SMILES string of the molecule is CCC(CC)CN1C[C@]23C=C[C@H](O2)[C@@H](C(=O)N(C)Cc2cc(C)[nH]n2)[C@H]3C1=O. The molecule has 3 aliphatic heterocycles. The Balaban J connectivity index is 1.52. The third-order valence-electron chi connectivity index (χ3n) is 6.63. The van der Waals surface area contributed by atoms with Crippen molar-refractivity contribution in [3.8, 4) is 0 Å². The van der Waals surface area contributed by atoms with Crippen molar-refractivity contribution >= 4 is 11.8 Å². The molecule has 2 amide bonds. The van der Waals surface area contributed by atoms with Crippen molar-refractivity contribution in [3.05, 3.63) is 29.6 Å². The molecule has 0 radical (unpaired) electrons. The van der Waals surface area contributed by atoms with E-state index in [2.05, 4.69) is 24.0 Å². The topological polar surface area (TPSA) is 78.5 Å². The summed E-state index contributed by atoms with van der Waals surface area (Å²) < 4.78 is 6.23. The standard InChI is InChI=1S/C21H30N4O3/c1-5-14(6-2)10-25-12-21-8-7-16(28-21)17(18(21)20(25)27)19(26)24(4)11-15-9-13(3)22-23-15/h7-9,14,16-18H,5-6,10-12H2,1-4H3,(H,22,23)/t16-,17+,18-,21-/m0/s1. The van der Waals surface area contributed by atoms with Crippen LogP contribution in [0.3, 0.4) is 0 Å². The number of aromatic amines is 1. The molecule has 0 aromatic carbocycles. The van der Waals surface area contributed by atoms with Gasteiger partial charge in [-0.3, -0.25) is 14.7 Å². The van der Waals surface area contributed by atoms with Gasteiger partial charge in [-0.15, -0.1) is 0 Å². The van der Waals surface area contributed by atoms with Gasteiger partial charge in [0.15, 0.2) is 0 Å². The predicted octanol–water partition coefficient (Wildman–Crippen LogP) is 1.89. The molecule has 2 bridgehead atoms. The number of H-pyrrole nitrogens is 1. The first-order valence-corrected chi connectivity index (χ1v) is 10.3. The van der Waals surface area contributed by atoms with Crippen LogP contribution in [0.5, 0.6) is 0 Å². The summed E-state index contributed by atoms with van der Waals surface area (Å²) in [6.07, 6.45) is 5.78. The first-order valence-electron chi connectivity index (χ1n) is 10.3. The van der Waals surface area contributed by atoms with Crippen LogP contribution in [0, 0.1) is 24.7 Å². The molecule has 2 saturated heterocycles. The Kier molecular flexibility index (Phi) is 4.81. The van der Waals surface area contributed by atoms with E-state index in [0.717, 1.165) is 30.8 Å². The average molecular weight is 386 g/mol. The minimum Gasteiger partial charge on any atom is -0.360 e. The maximum atomic E-state index is 13.3. The van der Waals surface area contributed by atoms with E-state index in [9.17, 15) is 9.59 Å². The zero-order valence-corrected chi connectivity index (χ0v) is 17.1. The quantitative estimate of drug-likeness (QED) is 0.726. The molecular weight excluding hydrogens is 356 g/mol. The molecule has 3 aliphatic rings. The second-order valence-corrected chi connectivity index (χ2v) is 8.54. The highest BCUT2D eigenvalue weighted by Crippen LogP contribution is 2.52. The molecule has 7 nitrogen and oxygen atoms in total. The van der Waals surface area contributed by atoms with Crippen molar-refractivity contribution in [1.29, 1.82) is 0 Å². The highest BCUT2D eigenvalue weighted by molar-refractivity contribution is 5.93. The van der Waals surface area contributed by atoms with Gasteiger partial charge in [-0.05, 0) is 18.9 Å². The smallest absolute Gasteiger partial charge is 0.230 e. The molecule has 0 aliphatic carbocycles. The molecule has 4 rings (SSSR count). The van der Waals surface area contributed by atoms with E-state index in [1.54, 1.807) is 11.9 Å². The molecule has 4 heterocycles. The largest absolute Gasteiger partial charge is 0.360 e. The zero-order valence-electron chi connectivity index (χ0n) is 17.1. The summed E-state index contributed by atoms with van der Waals surface area (Å²) >= 11 is 0. The fourth-order valence-electron chi connectivity index (χ4n) is 5.00. The van der Waals surface area contributed by atoms with E-state index in [1.807, 2.05) is 30.0 Å². The van der Waals surface area contributed by atoms with Crippen LogP contribution in [0.25, 0.3) is 0 Å². The summed E-state index contributed by atoms with van der Waals surface area (Å²) in [5, 5.41) is 7.12. The third kappa shape index (κ3) is 2.96. The number of hydrogen-bond acceptors (Lipinski definition) is 4. The maximum Gasteiger partial charge on any atom is 0.230 e. The second kappa shape index (κ2) is 7.03.